The topological polar surface area (TPSA) is 65.0 Å². The number of hydrogen-bond donors (Lipinski definition) is 1. The van der Waals surface area contributed by atoms with Gasteiger partial charge in [0.25, 0.3) is 0 Å². The van der Waals surface area contributed by atoms with E-state index >= 15 is 0 Å². The first kappa shape index (κ1) is 32.0. The lowest BCUT2D eigenvalue weighted by Gasteiger charge is -2.29. The highest BCUT2D eigenvalue weighted by Crippen LogP contribution is 2.43. The molecule has 5 nitrogen and oxygen atoms in total. The summed E-state index contributed by atoms with van der Waals surface area (Å²) in [5.41, 5.74) is 6.12. The van der Waals surface area contributed by atoms with Crippen LogP contribution < -0.4 is 14.9 Å². The van der Waals surface area contributed by atoms with Gasteiger partial charge < -0.3 is 19.3 Å². The van der Waals surface area contributed by atoms with Crippen LogP contribution in [0.1, 0.15) is 85.4 Å². The third kappa shape index (κ3) is 7.11. The quantitative estimate of drug-likeness (QED) is 0.248. The summed E-state index contributed by atoms with van der Waals surface area (Å²) in [6, 6.07) is 19.4. The van der Waals surface area contributed by atoms with Crippen molar-refractivity contribution in [3.05, 3.63) is 124 Å². The van der Waals surface area contributed by atoms with E-state index < -0.39 is 5.97 Å². The molecule has 2 aliphatic heterocycles. The number of benzene rings is 3. The van der Waals surface area contributed by atoms with E-state index in [-0.39, 0.29) is 11.4 Å². The Kier molecular flexibility index (Phi) is 10.0. The number of aryl methyl sites for hydroxylation is 1. The smallest absolute Gasteiger partial charge is 0.335 e. The number of carboxylic acids is 1. The largest absolute Gasteiger partial charge is 0.497 e. The van der Waals surface area contributed by atoms with Crippen molar-refractivity contribution in [2.75, 3.05) is 7.11 Å². The number of rotatable bonds is 9. The minimum atomic E-state index is -0.942. The third-order valence-corrected chi connectivity index (χ3v) is 8.67. The number of aromatic carboxylic acids is 1. The molecule has 2 aliphatic rings. The number of methoxy groups -OCH3 is 1. The van der Waals surface area contributed by atoms with Crippen molar-refractivity contribution in [2.45, 2.75) is 59.7 Å². The van der Waals surface area contributed by atoms with Crippen LogP contribution in [0.5, 0.6) is 11.5 Å². The molecule has 45 heavy (non-hydrogen) atoms. The van der Waals surface area contributed by atoms with Crippen LogP contribution in [-0.4, -0.2) is 25.5 Å². The van der Waals surface area contributed by atoms with Crippen LogP contribution in [-0.2, 0) is 4.74 Å². The van der Waals surface area contributed by atoms with Gasteiger partial charge in [0.2, 0.25) is 0 Å². The van der Waals surface area contributed by atoms with E-state index in [1.807, 2.05) is 43.7 Å². The molecule has 1 N–H and O–H groups in total. The number of ether oxygens (including phenoxy) is 3. The zero-order valence-corrected chi connectivity index (χ0v) is 27.1. The van der Waals surface area contributed by atoms with E-state index in [2.05, 4.69) is 71.1 Å². The maximum atomic E-state index is 11.9. The molecule has 0 aliphatic carbocycles. The molecule has 231 valence electrons. The molecule has 0 saturated carbocycles. The van der Waals surface area contributed by atoms with Crippen molar-refractivity contribution in [2.24, 2.45) is 11.8 Å². The van der Waals surface area contributed by atoms with E-state index in [0.717, 1.165) is 64.3 Å². The first-order chi connectivity index (χ1) is 21.7. The lowest BCUT2D eigenvalue weighted by Crippen LogP contribution is -2.27. The third-order valence-electron chi connectivity index (χ3n) is 8.67. The van der Waals surface area contributed by atoms with Crippen molar-refractivity contribution in [3.8, 4) is 11.5 Å². The molecule has 0 amide bonds. The number of carbonyl (C=O) groups is 1. The summed E-state index contributed by atoms with van der Waals surface area (Å²) in [6.45, 7) is 10.8. The van der Waals surface area contributed by atoms with Gasteiger partial charge in [-0.25, -0.2) is 4.79 Å². The Morgan fingerprint density at radius 2 is 1.87 bits per heavy atom. The van der Waals surface area contributed by atoms with Gasteiger partial charge in [-0.3, -0.25) is 0 Å². The Balaban J connectivity index is 1.56. The molecule has 0 aromatic heterocycles. The second kappa shape index (κ2) is 14.1. The molecule has 0 bridgehead atoms. The average molecular weight is 602 g/mol. The molecule has 3 unspecified atom stereocenters. The Labute approximate surface area is 268 Å². The fraction of sp³-hybridized carbons (Fsp3) is 0.308. The van der Waals surface area contributed by atoms with Gasteiger partial charge in [-0.05, 0) is 103 Å². The van der Waals surface area contributed by atoms with Crippen molar-refractivity contribution in [1.29, 1.82) is 0 Å². The molecule has 0 fully saturated rings. The van der Waals surface area contributed by atoms with Crippen LogP contribution in [0.3, 0.4) is 0 Å². The van der Waals surface area contributed by atoms with E-state index in [4.69, 9.17) is 14.2 Å². The van der Waals surface area contributed by atoms with Crippen LogP contribution in [0, 0.1) is 18.8 Å². The van der Waals surface area contributed by atoms with Crippen molar-refractivity contribution < 1.29 is 24.1 Å². The van der Waals surface area contributed by atoms with Crippen molar-refractivity contribution in [3.63, 3.8) is 0 Å². The first-order valence-electron chi connectivity index (χ1n) is 15.9. The summed E-state index contributed by atoms with van der Waals surface area (Å²) in [4.78, 5) is 11.9. The highest BCUT2D eigenvalue weighted by atomic mass is 16.5. The van der Waals surface area contributed by atoms with Crippen LogP contribution in [0.25, 0.3) is 11.3 Å². The molecule has 3 aromatic rings. The molecule has 3 aromatic carbocycles. The van der Waals surface area contributed by atoms with Crippen LogP contribution in [0.4, 0.5) is 0 Å². The number of carboxylic acid groups (broad SMARTS) is 1. The molecule has 1 radical (unpaired) electrons. The van der Waals surface area contributed by atoms with Crippen LogP contribution in [0.2, 0.25) is 0 Å². The molecule has 6 heteroatoms. The van der Waals surface area contributed by atoms with Crippen molar-refractivity contribution in [1.82, 2.24) is 0 Å². The SMILES string of the molecule is CC/C=C1C=C(/C2=C\CC(C)C(CC)/C=C(/c3cccc(OC)c3)O2)Oc2c/1cc(C)cc2C(C)[B]c1ccccc1C(=O)O. The van der Waals surface area contributed by atoms with Gasteiger partial charge in [0.1, 0.15) is 17.3 Å². The number of hydrogen-bond acceptors (Lipinski definition) is 4. The Bertz CT molecular complexity index is 1700. The van der Waals surface area contributed by atoms with Gasteiger partial charge in [0.05, 0.1) is 12.7 Å². The Hall–Kier alpha value is -4.45. The summed E-state index contributed by atoms with van der Waals surface area (Å²) in [5, 5.41) is 9.79. The second-order valence-electron chi connectivity index (χ2n) is 12.0. The minimum Gasteiger partial charge on any atom is -0.497 e. The lowest BCUT2D eigenvalue weighted by atomic mass is 9.56. The predicted molar refractivity (Wildman–Crippen MR) is 183 cm³/mol. The summed E-state index contributed by atoms with van der Waals surface area (Å²) < 4.78 is 19.1. The summed E-state index contributed by atoms with van der Waals surface area (Å²) >= 11 is 0. The van der Waals surface area contributed by atoms with Gasteiger partial charge in [0.15, 0.2) is 18.8 Å². The molecule has 3 atom stereocenters. The van der Waals surface area contributed by atoms with Crippen molar-refractivity contribution >= 4 is 30.0 Å². The van der Waals surface area contributed by atoms with E-state index in [1.165, 1.54) is 0 Å². The zero-order chi connectivity index (χ0) is 32.1. The minimum absolute atomic E-state index is 0.119. The monoisotopic (exact) mass is 601 g/mol. The molecular weight excluding hydrogens is 559 g/mol. The lowest BCUT2D eigenvalue weighted by molar-refractivity contribution is 0.0698. The zero-order valence-electron chi connectivity index (χ0n) is 27.1. The summed E-state index contributed by atoms with van der Waals surface area (Å²) in [7, 11) is 3.68. The highest BCUT2D eigenvalue weighted by molar-refractivity contribution is 6.56. The first-order valence-corrected chi connectivity index (χ1v) is 15.9. The molecule has 0 saturated heterocycles. The summed E-state index contributed by atoms with van der Waals surface area (Å²) in [6.07, 6.45) is 11.4. The maximum Gasteiger partial charge on any atom is 0.335 e. The molecular formula is C39H42BO5. The van der Waals surface area contributed by atoms with Gasteiger partial charge in [-0.15, -0.1) is 0 Å². The Morgan fingerprint density at radius 3 is 2.60 bits per heavy atom. The normalized spacial score (nSPS) is 21.7. The number of allylic oxidation sites excluding steroid dienone is 5. The standard InChI is InChI=1S/C39H42BO5/c1-7-12-28-23-37(35-18-17-25(4)27(8-2)22-36(44-35)29-13-11-14-30(21-29)43-6)45-38-32(19-24(3)20-33(28)38)26(5)40-34-16-10-9-15-31(34)39(41)42/h9-16,18-23,25-27H,7-8,17H2,1-6H3,(H,41,42)/b28-12-,35-18+,36-22-. The maximum absolute atomic E-state index is 11.9. The second-order valence-corrected chi connectivity index (χ2v) is 12.0. The fourth-order valence-electron chi connectivity index (χ4n) is 6.16. The molecule has 0 spiro atoms. The van der Waals surface area contributed by atoms with Crippen LogP contribution in [0.15, 0.2) is 96.5 Å². The molecule has 2 heterocycles. The van der Waals surface area contributed by atoms with Crippen LogP contribution >= 0.6 is 0 Å². The highest BCUT2D eigenvalue weighted by Gasteiger charge is 2.29. The van der Waals surface area contributed by atoms with E-state index in [1.54, 1.807) is 19.2 Å². The van der Waals surface area contributed by atoms with E-state index in [9.17, 15) is 9.90 Å². The van der Waals surface area contributed by atoms with Gasteiger partial charge in [-0.1, -0.05) is 75.6 Å². The van der Waals surface area contributed by atoms with Gasteiger partial charge >= 0.3 is 5.97 Å². The predicted octanol–water partition coefficient (Wildman–Crippen LogP) is 8.87. The molecule has 5 rings (SSSR count). The fourth-order valence-corrected chi connectivity index (χ4v) is 6.16. The van der Waals surface area contributed by atoms with Gasteiger partial charge in [0, 0.05) is 11.1 Å². The summed E-state index contributed by atoms with van der Waals surface area (Å²) in [5.74, 6) is 3.38. The number of fused-ring (bicyclic) bond motifs is 1. The average Bonchev–Trinajstić information content (AvgIpc) is 3.03. The Morgan fingerprint density at radius 1 is 1.07 bits per heavy atom. The van der Waals surface area contributed by atoms with Gasteiger partial charge in [-0.2, -0.15) is 0 Å². The van der Waals surface area contributed by atoms with E-state index in [0.29, 0.717) is 28.8 Å².